The van der Waals surface area contributed by atoms with Crippen LogP contribution in [0.3, 0.4) is 0 Å². The van der Waals surface area contributed by atoms with Crippen molar-refractivity contribution in [3.8, 4) is 16.9 Å². The average Bonchev–Trinajstić information content (AvgIpc) is 3.29. The first-order chi connectivity index (χ1) is 18.9. The fraction of sp³-hybridized carbons (Fsp3) is 0.267. The van der Waals surface area contributed by atoms with E-state index in [4.69, 9.17) is 22.1 Å². The summed E-state index contributed by atoms with van der Waals surface area (Å²) >= 11 is 6.39. The van der Waals surface area contributed by atoms with Gasteiger partial charge in [-0.3, -0.25) is 9.59 Å². The SMILES string of the molecule is CC(C)NC(=O)c1ccc(-c2ccc(OC(C)(F)F)c(C(=O)NC(CN)Cc3c[nH]c4ccccc34)c2)cc1Cl. The summed E-state index contributed by atoms with van der Waals surface area (Å²) < 4.78 is 32.5. The number of nitrogens with one attached hydrogen (secondary N) is 3. The number of aromatic nitrogens is 1. The Kier molecular flexibility index (Phi) is 8.76. The summed E-state index contributed by atoms with van der Waals surface area (Å²) in [4.78, 5) is 29.0. The number of para-hydroxylation sites is 1. The van der Waals surface area contributed by atoms with Crippen LogP contribution < -0.4 is 21.1 Å². The first-order valence-corrected chi connectivity index (χ1v) is 13.2. The maximum Gasteiger partial charge on any atom is 0.394 e. The van der Waals surface area contributed by atoms with Gasteiger partial charge in [0.05, 0.1) is 16.1 Å². The van der Waals surface area contributed by atoms with Crippen LogP contribution in [0, 0.1) is 0 Å². The number of hydrogen-bond acceptors (Lipinski definition) is 4. The maximum absolute atomic E-state index is 13.8. The van der Waals surface area contributed by atoms with Crippen LogP contribution in [0.2, 0.25) is 5.02 Å². The molecule has 0 spiro atoms. The van der Waals surface area contributed by atoms with Crippen molar-refractivity contribution in [1.82, 2.24) is 15.6 Å². The third kappa shape index (κ3) is 6.97. The van der Waals surface area contributed by atoms with Crippen LogP contribution in [0.25, 0.3) is 22.0 Å². The topological polar surface area (TPSA) is 109 Å². The van der Waals surface area contributed by atoms with E-state index in [9.17, 15) is 18.4 Å². The Hall–Kier alpha value is -3.95. The predicted octanol–water partition coefficient (Wildman–Crippen LogP) is 5.92. The highest BCUT2D eigenvalue weighted by Gasteiger charge is 2.27. The molecule has 0 aliphatic rings. The highest BCUT2D eigenvalue weighted by atomic mass is 35.5. The number of hydrogen-bond donors (Lipinski definition) is 4. The van der Waals surface area contributed by atoms with E-state index in [1.807, 2.05) is 44.3 Å². The highest BCUT2D eigenvalue weighted by molar-refractivity contribution is 6.34. The van der Waals surface area contributed by atoms with Gasteiger partial charge in [0.25, 0.3) is 11.8 Å². The van der Waals surface area contributed by atoms with E-state index >= 15 is 0 Å². The van der Waals surface area contributed by atoms with Gasteiger partial charge in [-0.05, 0) is 67.3 Å². The second kappa shape index (κ2) is 12.1. The molecule has 7 nitrogen and oxygen atoms in total. The molecule has 0 bridgehead atoms. The van der Waals surface area contributed by atoms with E-state index in [1.165, 1.54) is 12.1 Å². The lowest BCUT2D eigenvalue weighted by molar-refractivity contribution is -0.159. The molecule has 1 heterocycles. The summed E-state index contributed by atoms with van der Waals surface area (Å²) in [5.74, 6) is -1.21. The number of aromatic amines is 1. The van der Waals surface area contributed by atoms with Gasteiger partial charge in [0, 0.05) is 42.7 Å². The van der Waals surface area contributed by atoms with Crippen molar-refractivity contribution in [3.63, 3.8) is 0 Å². The lowest BCUT2D eigenvalue weighted by atomic mass is 9.99. The number of carbonyl (C=O) groups excluding carboxylic acids is 2. The summed E-state index contributed by atoms with van der Waals surface area (Å²) in [6, 6.07) is 16.4. The van der Waals surface area contributed by atoms with Crippen LogP contribution in [0.5, 0.6) is 5.75 Å². The van der Waals surface area contributed by atoms with Gasteiger partial charge in [-0.2, -0.15) is 8.78 Å². The zero-order valence-corrected chi connectivity index (χ0v) is 23.1. The van der Waals surface area contributed by atoms with E-state index < -0.39 is 18.1 Å². The standard InChI is InChI=1S/C30H31ClF2N4O3/c1-17(2)36-28(38)23-10-8-19(14-25(23)31)18-9-11-27(40-30(3,32)33)24(13-18)29(39)37-21(15-34)12-20-16-35-26-7-5-4-6-22(20)26/h4-11,13-14,16-17,21,35H,12,15,34H2,1-3H3,(H,36,38)(H,37,39). The summed E-state index contributed by atoms with van der Waals surface area (Å²) in [6.45, 7) is 4.40. The number of carbonyl (C=O) groups is 2. The molecule has 210 valence electrons. The van der Waals surface area contributed by atoms with E-state index in [0.29, 0.717) is 30.0 Å². The number of alkyl halides is 2. The Labute approximate surface area is 236 Å². The zero-order valence-electron chi connectivity index (χ0n) is 22.4. The Balaban J connectivity index is 1.63. The van der Waals surface area contributed by atoms with E-state index in [-0.39, 0.29) is 34.8 Å². The van der Waals surface area contributed by atoms with Gasteiger partial charge in [-0.1, -0.05) is 41.9 Å². The molecule has 40 heavy (non-hydrogen) atoms. The van der Waals surface area contributed by atoms with Crippen LogP contribution in [0.4, 0.5) is 8.78 Å². The molecule has 10 heteroatoms. The maximum atomic E-state index is 13.8. The number of fused-ring (bicyclic) bond motifs is 1. The monoisotopic (exact) mass is 568 g/mol. The van der Waals surface area contributed by atoms with Gasteiger partial charge in [-0.25, -0.2) is 0 Å². The largest absolute Gasteiger partial charge is 0.432 e. The molecule has 3 aromatic carbocycles. The number of nitrogens with two attached hydrogens (primary N) is 1. The molecule has 1 aromatic heterocycles. The van der Waals surface area contributed by atoms with Crippen LogP contribution in [-0.4, -0.2) is 41.5 Å². The van der Waals surface area contributed by atoms with Crippen molar-refractivity contribution in [3.05, 3.63) is 88.6 Å². The lowest BCUT2D eigenvalue weighted by Gasteiger charge is -2.20. The van der Waals surface area contributed by atoms with E-state index in [2.05, 4.69) is 15.6 Å². The smallest absolute Gasteiger partial charge is 0.394 e. The molecule has 0 aliphatic carbocycles. The van der Waals surface area contributed by atoms with Crippen molar-refractivity contribution < 1.29 is 23.1 Å². The molecule has 0 aliphatic heterocycles. The van der Waals surface area contributed by atoms with Gasteiger partial charge in [0.2, 0.25) is 0 Å². The molecule has 4 rings (SSSR count). The third-order valence-corrected chi connectivity index (χ3v) is 6.55. The fourth-order valence-corrected chi connectivity index (χ4v) is 4.68. The van der Waals surface area contributed by atoms with E-state index in [0.717, 1.165) is 16.5 Å². The van der Waals surface area contributed by atoms with Gasteiger partial charge in [0.15, 0.2) is 0 Å². The minimum absolute atomic E-state index is 0.0677. The van der Waals surface area contributed by atoms with E-state index in [1.54, 1.807) is 24.3 Å². The summed E-state index contributed by atoms with van der Waals surface area (Å²) in [5, 5.41) is 6.87. The Morgan fingerprint density at radius 2 is 1.68 bits per heavy atom. The fourth-order valence-electron chi connectivity index (χ4n) is 4.41. The molecule has 0 saturated carbocycles. The van der Waals surface area contributed by atoms with Gasteiger partial charge < -0.3 is 26.1 Å². The lowest BCUT2D eigenvalue weighted by Crippen LogP contribution is -2.42. The molecular formula is C30H31ClF2N4O3. The molecule has 5 N–H and O–H groups in total. The van der Waals surface area contributed by atoms with Crippen molar-refractivity contribution in [2.45, 2.75) is 45.4 Å². The quantitative estimate of drug-likeness (QED) is 0.190. The number of rotatable bonds is 10. The van der Waals surface area contributed by atoms with Crippen molar-refractivity contribution in [2.24, 2.45) is 5.73 Å². The molecule has 0 saturated heterocycles. The van der Waals surface area contributed by atoms with Crippen LogP contribution in [0.1, 0.15) is 47.1 Å². The highest BCUT2D eigenvalue weighted by Crippen LogP contribution is 2.32. The van der Waals surface area contributed by atoms with Gasteiger partial charge in [-0.15, -0.1) is 0 Å². The molecule has 0 radical (unpaired) electrons. The van der Waals surface area contributed by atoms with Crippen molar-refractivity contribution >= 4 is 34.3 Å². The van der Waals surface area contributed by atoms with Gasteiger partial charge >= 0.3 is 6.11 Å². The Morgan fingerprint density at radius 3 is 2.35 bits per heavy atom. The minimum Gasteiger partial charge on any atom is -0.432 e. The van der Waals surface area contributed by atoms with Crippen molar-refractivity contribution in [2.75, 3.05) is 6.54 Å². The number of amides is 2. The summed E-state index contributed by atoms with van der Waals surface area (Å²) in [5.41, 5.74) is 9.22. The summed E-state index contributed by atoms with van der Waals surface area (Å²) in [6.07, 6.45) is -1.22. The summed E-state index contributed by atoms with van der Waals surface area (Å²) in [7, 11) is 0. The second-order valence-corrected chi connectivity index (χ2v) is 10.3. The Morgan fingerprint density at radius 1 is 1.00 bits per heavy atom. The number of halogens is 3. The second-order valence-electron chi connectivity index (χ2n) is 9.91. The van der Waals surface area contributed by atoms with Crippen LogP contribution in [-0.2, 0) is 6.42 Å². The molecular weight excluding hydrogens is 538 g/mol. The van der Waals surface area contributed by atoms with Crippen LogP contribution in [0.15, 0.2) is 66.9 Å². The minimum atomic E-state index is -3.51. The molecule has 0 fully saturated rings. The third-order valence-electron chi connectivity index (χ3n) is 6.24. The number of ether oxygens (including phenoxy) is 1. The van der Waals surface area contributed by atoms with Crippen LogP contribution >= 0.6 is 11.6 Å². The van der Waals surface area contributed by atoms with Crippen molar-refractivity contribution in [1.29, 1.82) is 0 Å². The number of benzene rings is 3. The molecule has 1 unspecified atom stereocenters. The first-order valence-electron chi connectivity index (χ1n) is 12.8. The first kappa shape index (κ1) is 29.0. The zero-order chi connectivity index (χ0) is 29.0. The Bertz CT molecular complexity index is 1530. The normalized spacial score (nSPS) is 12.4. The average molecular weight is 569 g/mol. The molecule has 2 amide bonds. The molecule has 4 aromatic rings. The predicted molar refractivity (Wildman–Crippen MR) is 153 cm³/mol. The number of H-pyrrole nitrogens is 1. The molecule has 1 atom stereocenters. The van der Waals surface area contributed by atoms with Gasteiger partial charge in [0.1, 0.15) is 5.75 Å².